The van der Waals surface area contributed by atoms with Crippen molar-refractivity contribution in [1.29, 1.82) is 0 Å². The number of nitrogens with zero attached hydrogens (tertiary/aromatic N) is 3. The molecule has 0 aromatic carbocycles. The summed E-state index contributed by atoms with van der Waals surface area (Å²) in [6, 6.07) is 5.87. The number of rotatable bonds is 5. The maximum absolute atomic E-state index is 9.57. The molecule has 2 aliphatic rings. The molecule has 4 rings (SSSR count). The summed E-state index contributed by atoms with van der Waals surface area (Å²) in [7, 11) is 0. The summed E-state index contributed by atoms with van der Waals surface area (Å²) in [4.78, 5) is 8.85. The summed E-state index contributed by atoms with van der Waals surface area (Å²) in [5, 5.41) is 16.9. The molecule has 2 aromatic rings. The van der Waals surface area contributed by atoms with E-state index in [1.165, 1.54) is 0 Å². The number of hydrogen-bond donors (Lipinski definition) is 2. The van der Waals surface area contributed by atoms with Crippen LogP contribution < -0.4 is 5.32 Å². The van der Waals surface area contributed by atoms with Gasteiger partial charge in [0, 0.05) is 12.1 Å². The van der Waals surface area contributed by atoms with Gasteiger partial charge in [0.2, 0.25) is 5.89 Å². The van der Waals surface area contributed by atoms with Crippen LogP contribution in [0.4, 0.5) is 5.95 Å². The third-order valence-electron chi connectivity index (χ3n) is 4.28. The quantitative estimate of drug-likeness (QED) is 0.877. The predicted molar refractivity (Wildman–Crippen MR) is 75.6 cm³/mol. The summed E-state index contributed by atoms with van der Waals surface area (Å²) in [6.45, 7) is 0. The molecule has 0 spiro atoms. The van der Waals surface area contributed by atoms with E-state index in [9.17, 15) is 5.11 Å². The number of nitrogens with one attached hydrogen (secondary N) is 1. The minimum Gasteiger partial charge on any atom is -0.393 e. The second-order valence-corrected chi connectivity index (χ2v) is 5.99. The largest absolute Gasteiger partial charge is 0.393 e. The molecule has 6 heteroatoms. The molecule has 2 saturated carbocycles. The van der Waals surface area contributed by atoms with E-state index in [1.807, 2.05) is 18.2 Å². The molecule has 2 N–H and O–H groups in total. The number of aliphatic hydroxyl groups excluding tert-OH is 1. The molecule has 0 bridgehead atoms. The Bertz CT molecular complexity index is 605. The van der Waals surface area contributed by atoms with Crippen LogP contribution in [0.15, 0.2) is 28.9 Å². The molecular formula is C15H18N4O2. The highest BCUT2D eigenvalue weighted by Gasteiger charge is 2.36. The molecule has 0 radical (unpaired) electrons. The summed E-state index contributed by atoms with van der Waals surface area (Å²) in [5.74, 6) is 2.05. The first-order valence-electron chi connectivity index (χ1n) is 7.49. The van der Waals surface area contributed by atoms with Gasteiger partial charge < -0.3 is 14.9 Å². The molecule has 2 aliphatic carbocycles. The van der Waals surface area contributed by atoms with Crippen LogP contribution in [-0.4, -0.2) is 26.3 Å². The molecule has 0 aliphatic heterocycles. The van der Waals surface area contributed by atoms with Crippen LogP contribution in [-0.2, 0) is 0 Å². The zero-order valence-corrected chi connectivity index (χ0v) is 11.6. The molecule has 2 heterocycles. The van der Waals surface area contributed by atoms with Gasteiger partial charge in [-0.2, -0.15) is 4.98 Å². The smallest absolute Gasteiger partial charge is 0.263 e. The maximum Gasteiger partial charge on any atom is 0.263 e. The second kappa shape index (κ2) is 5.11. The first-order valence-corrected chi connectivity index (χ1v) is 7.49. The lowest BCUT2D eigenvalue weighted by molar-refractivity contribution is 0.0333. The van der Waals surface area contributed by atoms with Gasteiger partial charge in [-0.25, -0.2) is 0 Å². The summed E-state index contributed by atoms with van der Waals surface area (Å²) in [6.07, 6.45) is 5.42. The maximum atomic E-state index is 9.57. The molecular weight excluding hydrogens is 268 g/mol. The van der Waals surface area contributed by atoms with E-state index in [4.69, 9.17) is 4.52 Å². The van der Waals surface area contributed by atoms with Crippen molar-refractivity contribution >= 4 is 5.95 Å². The van der Waals surface area contributed by atoms with Crippen LogP contribution in [0.3, 0.4) is 0 Å². The Kier molecular flexibility index (Phi) is 3.11. The van der Waals surface area contributed by atoms with Gasteiger partial charge in [0.15, 0.2) is 0 Å². The molecule has 6 nitrogen and oxygen atoms in total. The van der Waals surface area contributed by atoms with Crippen LogP contribution >= 0.6 is 0 Å². The first-order chi connectivity index (χ1) is 10.3. The molecule has 0 amide bonds. The molecule has 1 unspecified atom stereocenters. The summed E-state index contributed by atoms with van der Waals surface area (Å²) >= 11 is 0. The highest BCUT2D eigenvalue weighted by molar-refractivity contribution is 5.30. The van der Waals surface area contributed by atoms with E-state index in [0.29, 0.717) is 17.8 Å². The van der Waals surface area contributed by atoms with Crippen molar-refractivity contribution in [3.63, 3.8) is 0 Å². The Morgan fingerprint density at radius 2 is 2.14 bits per heavy atom. The molecule has 0 saturated heterocycles. The van der Waals surface area contributed by atoms with Crippen molar-refractivity contribution < 1.29 is 9.63 Å². The normalized spacial score (nSPS) is 26.1. The van der Waals surface area contributed by atoms with Crippen LogP contribution in [0, 0.1) is 5.92 Å². The lowest BCUT2D eigenvalue weighted by atomic mass is 9.76. The van der Waals surface area contributed by atoms with Crippen molar-refractivity contribution in [3.8, 4) is 0 Å². The standard InChI is InChI=1S/C15H18N4O2/c20-11-7-10(8-11)13(12-3-1-2-6-16-12)17-15-18-14(21-19-15)9-4-5-9/h1-3,6,9-11,13,20H,4-5,7-8H2,(H,17,19). The van der Waals surface area contributed by atoms with Gasteiger partial charge >= 0.3 is 0 Å². The van der Waals surface area contributed by atoms with Crippen molar-refractivity contribution in [2.75, 3.05) is 5.32 Å². The lowest BCUT2D eigenvalue weighted by Gasteiger charge is -2.37. The van der Waals surface area contributed by atoms with Gasteiger partial charge in [-0.1, -0.05) is 6.07 Å². The highest BCUT2D eigenvalue weighted by atomic mass is 16.5. The number of hydrogen-bond acceptors (Lipinski definition) is 6. The van der Waals surface area contributed by atoms with Gasteiger partial charge in [-0.05, 0) is 48.9 Å². The topological polar surface area (TPSA) is 84.1 Å². The first kappa shape index (κ1) is 12.8. The third-order valence-corrected chi connectivity index (χ3v) is 4.28. The van der Waals surface area contributed by atoms with Gasteiger partial charge in [-0.15, -0.1) is 0 Å². The molecule has 2 fully saturated rings. The molecule has 21 heavy (non-hydrogen) atoms. The van der Waals surface area contributed by atoms with Crippen molar-refractivity contribution in [1.82, 2.24) is 15.1 Å². The molecule has 110 valence electrons. The average molecular weight is 286 g/mol. The van der Waals surface area contributed by atoms with Crippen molar-refractivity contribution in [3.05, 3.63) is 36.0 Å². The van der Waals surface area contributed by atoms with Gasteiger partial charge in [-0.3, -0.25) is 4.98 Å². The van der Waals surface area contributed by atoms with E-state index in [2.05, 4.69) is 20.4 Å². The number of aromatic nitrogens is 3. The van der Waals surface area contributed by atoms with Gasteiger partial charge in [0.1, 0.15) is 0 Å². The Hall–Kier alpha value is -1.95. The minimum atomic E-state index is -0.199. The van der Waals surface area contributed by atoms with E-state index >= 15 is 0 Å². The van der Waals surface area contributed by atoms with Crippen molar-refractivity contribution in [2.24, 2.45) is 5.92 Å². The van der Waals surface area contributed by atoms with Crippen molar-refractivity contribution in [2.45, 2.75) is 43.7 Å². The SMILES string of the molecule is OC1CC(C(Nc2noc(C3CC3)n2)c2ccccn2)C1. The van der Waals surface area contributed by atoms with Crippen LogP contribution in [0.1, 0.15) is 49.2 Å². The Labute approximate surface area is 122 Å². The average Bonchev–Trinajstić information content (AvgIpc) is 3.23. The Morgan fingerprint density at radius 3 is 2.81 bits per heavy atom. The van der Waals surface area contributed by atoms with E-state index in [0.717, 1.165) is 37.3 Å². The predicted octanol–water partition coefficient (Wildman–Crippen LogP) is 2.27. The Balaban J connectivity index is 1.53. The zero-order valence-electron chi connectivity index (χ0n) is 11.6. The lowest BCUT2D eigenvalue weighted by Crippen LogP contribution is -2.36. The van der Waals surface area contributed by atoms with Crippen LogP contribution in [0.5, 0.6) is 0 Å². The van der Waals surface area contributed by atoms with E-state index in [-0.39, 0.29) is 12.1 Å². The fourth-order valence-electron chi connectivity index (χ4n) is 2.82. The monoisotopic (exact) mass is 286 g/mol. The fourth-order valence-corrected chi connectivity index (χ4v) is 2.82. The minimum absolute atomic E-state index is 0.0132. The second-order valence-electron chi connectivity index (χ2n) is 5.99. The fraction of sp³-hybridized carbons (Fsp3) is 0.533. The number of anilines is 1. The van der Waals surface area contributed by atoms with Crippen LogP contribution in [0.25, 0.3) is 0 Å². The summed E-state index contributed by atoms with van der Waals surface area (Å²) < 4.78 is 5.28. The van der Waals surface area contributed by atoms with E-state index < -0.39 is 0 Å². The summed E-state index contributed by atoms with van der Waals surface area (Å²) in [5.41, 5.74) is 0.951. The van der Waals surface area contributed by atoms with Crippen LogP contribution in [0.2, 0.25) is 0 Å². The van der Waals surface area contributed by atoms with Gasteiger partial charge in [0.25, 0.3) is 5.95 Å². The number of pyridine rings is 1. The molecule has 2 aromatic heterocycles. The third kappa shape index (κ3) is 2.63. The number of aliphatic hydroxyl groups is 1. The van der Waals surface area contributed by atoms with E-state index in [1.54, 1.807) is 6.20 Å². The molecule has 1 atom stereocenters. The van der Waals surface area contributed by atoms with Gasteiger partial charge in [0.05, 0.1) is 17.8 Å². The Morgan fingerprint density at radius 1 is 1.29 bits per heavy atom. The highest BCUT2D eigenvalue weighted by Crippen LogP contribution is 2.41. The zero-order chi connectivity index (χ0) is 14.2.